The molecule has 0 bridgehead atoms. The maximum absolute atomic E-state index is 13.0. The van der Waals surface area contributed by atoms with E-state index in [2.05, 4.69) is 31.7 Å². The molecule has 1 aromatic carbocycles. The Morgan fingerprint density at radius 3 is 2.59 bits per heavy atom. The number of urea groups is 1. The molecule has 1 aliphatic heterocycles. The fourth-order valence-electron chi connectivity index (χ4n) is 4.08. The monoisotopic (exact) mass is 472 g/mol. The molecule has 1 fully saturated rings. The number of benzene rings is 1. The maximum Gasteiger partial charge on any atom is 0.322 e. The Balaban J connectivity index is 1.54. The number of aryl methyl sites for hydroxylation is 2. The van der Waals surface area contributed by atoms with Crippen molar-refractivity contribution in [3.8, 4) is 11.5 Å². The van der Waals surface area contributed by atoms with Crippen molar-refractivity contribution < 1.29 is 14.3 Å². The summed E-state index contributed by atoms with van der Waals surface area (Å²) in [5, 5.41) is 3.04. The van der Waals surface area contributed by atoms with Gasteiger partial charge in [-0.05, 0) is 46.4 Å². The van der Waals surface area contributed by atoms with Gasteiger partial charge in [-0.3, -0.25) is 9.80 Å². The van der Waals surface area contributed by atoms with Crippen molar-refractivity contribution in [1.29, 1.82) is 0 Å². The van der Waals surface area contributed by atoms with E-state index in [0.717, 1.165) is 57.1 Å². The number of methoxy groups -OCH3 is 1. The largest absolute Gasteiger partial charge is 0.493 e. The minimum Gasteiger partial charge on any atom is -0.493 e. The first-order valence-electron chi connectivity index (χ1n) is 12.1. The third kappa shape index (κ3) is 7.11. The molecule has 0 aliphatic carbocycles. The molecule has 9 nitrogen and oxygen atoms in total. The van der Waals surface area contributed by atoms with E-state index in [0.29, 0.717) is 24.7 Å². The summed E-state index contributed by atoms with van der Waals surface area (Å²) >= 11 is 0. The van der Waals surface area contributed by atoms with Gasteiger partial charge in [-0.1, -0.05) is 0 Å². The Bertz CT molecular complexity index is 908. The summed E-state index contributed by atoms with van der Waals surface area (Å²) in [6.07, 6.45) is 4.49. The van der Waals surface area contributed by atoms with Gasteiger partial charge in [-0.25, -0.2) is 9.78 Å². The molecule has 2 heterocycles. The molecule has 2 aromatic rings. The van der Waals surface area contributed by atoms with Crippen LogP contribution in [0, 0.1) is 6.92 Å². The van der Waals surface area contributed by atoms with Gasteiger partial charge in [0.25, 0.3) is 0 Å². The number of nitrogens with zero attached hydrogens (tertiary/aromatic N) is 5. The smallest absolute Gasteiger partial charge is 0.322 e. The SMILES string of the molecule is COc1cc(N(C(=O)NCCCn2cncc2C)C(C)C)ccc1OCCN1CCN(C)CC1. The molecule has 0 atom stereocenters. The molecule has 2 amide bonds. The lowest BCUT2D eigenvalue weighted by molar-refractivity contribution is 0.133. The van der Waals surface area contributed by atoms with Crippen LogP contribution in [0.3, 0.4) is 0 Å². The van der Waals surface area contributed by atoms with Crippen molar-refractivity contribution in [1.82, 2.24) is 24.7 Å². The van der Waals surface area contributed by atoms with E-state index in [1.54, 1.807) is 12.0 Å². The number of carbonyl (C=O) groups excluding carboxylic acids is 1. The molecule has 1 N–H and O–H groups in total. The van der Waals surface area contributed by atoms with Crippen molar-refractivity contribution >= 4 is 11.7 Å². The second-order valence-corrected chi connectivity index (χ2v) is 9.11. The Morgan fingerprint density at radius 2 is 1.94 bits per heavy atom. The van der Waals surface area contributed by atoms with Crippen molar-refractivity contribution in [2.45, 2.75) is 39.8 Å². The lowest BCUT2D eigenvalue weighted by atomic mass is 10.2. The van der Waals surface area contributed by atoms with Crippen LogP contribution in [-0.2, 0) is 6.54 Å². The van der Waals surface area contributed by atoms with E-state index in [4.69, 9.17) is 9.47 Å². The zero-order valence-corrected chi connectivity index (χ0v) is 21.3. The van der Waals surface area contributed by atoms with Crippen LogP contribution in [-0.4, -0.2) is 91.5 Å². The van der Waals surface area contributed by atoms with Crippen molar-refractivity contribution in [3.63, 3.8) is 0 Å². The van der Waals surface area contributed by atoms with Crippen LogP contribution < -0.4 is 19.7 Å². The summed E-state index contributed by atoms with van der Waals surface area (Å²) in [6.45, 7) is 13.2. The average molecular weight is 473 g/mol. The van der Waals surface area contributed by atoms with Crippen molar-refractivity contribution in [3.05, 3.63) is 36.4 Å². The highest BCUT2D eigenvalue weighted by atomic mass is 16.5. The molecule has 34 heavy (non-hydrogen) atoms. The van der Waals surface area contributed by atoms with Crippen molar-refractivity contribution in [2.24, 2.45) is 0 Å². The lowest BCUT2D eigenvalue weighted by Gasteiger charge is -2.32. The molecular formula is C25H40N6O3. The minimum absolute atomic E-state index is 0.00963. The quantitative estimate of drug-likeness (QED) is 0.507. The fourth-order valence-corrected chi connectivity index (χ4v) is 4.08. The van der Waals surface area contributed by atoms with Gasteiger partial charge in [0.05, 0.1) is 13.4 Å². The maximum atomic E-state index is 13.0. The predicted molar refractivity (Wildman–Crippen MR) is 135 cm³/mol. The Hall–Kier alpha value is -2.78. The van der Waals surface area contributed by atoms with Crippen LogP contribution in [0.1, 0.15) is 26.0 Å². The first-order valence-corrected chi connectivity index (χ1v) is 12.1. The summed E-state index contributed by atoms with van der Waals surface area (Å²) in [5.41, 5.74) is 1.90. The molecule has 0 unspecified atom stereocenters. The summed E-state index contributed by atoms with van der Waals surface area (Å²) in [7, 11) is 3.79. The van der Waals surface area contributed by atoms with Crippen LogP contribution in [0.2, 0.25) is 0 Å². The second kappa shape index (κ2) is 12.6. The summed E-state index contributed by atoms with van der Waals surface area (Å²) in [5.74, 6) is 1.32. The average Bonchev–Trinajstić information content (AvgIpc) is 3.23. The number of rotatable bonds is 11. The molecule has 188 valence electrons. The van der Waals surface area contributed by atoms with Gasteiger partial charge in [0.1, 0.15) is 6.61 Å². The Morgan fingerprint density at radius 1 is 1.18 bits per heavy atom. The molecular weight excluding hydrogens is 432 g/mol. The number of amides is 2. The summed E-state index contributed by atoms with van der Waals surface area (Å²) in [6, 6.07) is 5.55. The molecule has 0 saturated carbocycles. The molecule has 1 aliphatic rings. The van der Waals surface area contributed by atoms with Gasteiger partial charge in [0, 0.05) is 75.5 Å². The van der Waals surface area contributed by atoms with Crippen LogP contribution in [0.25, 0.3) is 0 Å². The standard InChI is InChI=1S/C25H40N6O3/c1-20(2)31(25(32)27-9-6-10-30-19-26-18-21(30)3)22-7-8-23(24(17-22)33-5)34-16-15-29-13-11-28(4)12-14-29/h7-8,17-20H,6,9-16H2,1-5H3,(H,27,32). The molecule has 3 rings (SSSR count). The Labute approximate surface area is 203 Å². The number of carbonyl (C=O) groups is 1. The molecule has 1 aromatic heterocycles. The van der Waals surface area contributed by atoms with E-state index >= 15 is 0 Å². The number of imidazole rings is 1. The number of ether oxygens (including phenoxy) is 2. The molecule has 1 saturated heterocycles. The molecule has 0 radical (unpaired) electrons. The zero-order chi connectivity index (χ0) is 24.5. The number of hydrogen-bond acceptors (Lipinski definition) is 6. The van der Waals surface area contributed by atoms with Gasteiger partial charge >= 0.3 is 6.03 Å². The van der Waals surface area contributed by atoms with Gasteiger partial charge in [0.15, 0.2) is 11.5 Å². The number of anilines is 1. The van der Waals surface area contributed by atoms with Gasteiger partial charge in [-0.15, -0.1) is 0 Å². The number of hydrogen-bond donors (Lipinski definition) is 1. The van der Waals surface area contributed by atoms with Crippen LogP contribution in [0.15, 0.2) is 30.7 Å². The third-order valence-electron chi connectivity index (χ3n) is 6.19. The highest BCUT2D eigenvalue weighted by Gasteiger charge is 2.21. The normalized spacial score (nSPS) is 14.9. The predicted octanol–water partition coefficient (Wildman–Crippen LogP) is 2.84. The van der Waals surface area contributed by atoms with Gasteiger partial charge < -0.3 is 24.3 Å². The lowest BCUT2D eigenvalue weighted by Crippen LogP contribution is -2.45. The summed E-state index contributed by atoms with van der Waals surface area (Å²) < 4.78 is 13.7. The van der Waals surface area contributed by atoms with E-state index in [9.17, 15) is 4.79 Å². The Kier molecular flexibility index (Phi) is 9.59. The molecule has 9 heteroatoms. The van der Waals surface area contributed by atoms with Crippen molar-refractivity contribution in [2.75, 3.05) is 64.9 Å². The number of nitrogens with one attached hydrogen (secondary N) is 1. The van der Waals surface area contributed by atoms with Crippen LogP contribution in [0.4, 0.5) is 10.5 Å². The first-order chi connectivity index (χ1) is 16.4. The van der Waals surface area contributed by atoms with Crippen LogP contribution >= 0.6 is 0 Å². The van der Waals surface area contributed by atoms with E-state index in [-0.39, 0.29) is 12.1 Å². The topological polar surface area (TPSA) is 75.1 Å². The van der Waals surface area contributed by atoms with Crippen LogP contribution in [0.5, 0.6) is 11.5 Å². The van der Waals surface area contributed by atoms with E-state index in [1.807, 2.05) is 51.5 Å². The van der Waals surface area contributed by atoms with E-state index < -0.39 is 0 Å². The second-order valence-electron chi connectivity index (χ2n) is 9.11. The first kappa shape index (κ1) is 25.8. The number of likely N-dealkylation sites (N-methyl/N-ethyl adjacent to an activating group) is 1. The third-order valence-corrected chi connectivity index (χ3v) is 6.19. The zero-order valence-electron chi connectivity index (χ0n) is 21.3. The van der Waals surface area contributed by atoms with Gasteiger partial charge in [0.2, 0.25) is 0 Å². The fraction of sp³-hybridized carbons (Fsp3) is 0.600. The van der Waals surface area contributed by atoms with E-state index in [1.165, 1.54) is 0 Å². The molecule has 0 spiro atoms. The highest BCUT2D eigenvalue weighted by molar-refractivity contribution is 5.92. The number of aromatic nitrogens is 2. The number of piperazine rings is 1. The van der Waals surface area contributed by atoms with Gasteiger partial charge in [-0.2, -0.15) is 0 Å². The highest BCUT2D eigenvalue weighted by Crippen LogP contribution is 2.32. The summed E-state index contributed by atoms with van der Waals surface area (Å²) in [4.78, 5) is 23.6. The minimum atomic E-state index is -0.122.